The molecule has 0 saturated heterocycles. The van der Waals surface area contributed by atoms with E-state index in [-0.39, 0.29) is 17.9 Å². The molecule has 0 aromatic carbocycles. The van der Waals surface area contributed by atoms with Gasteiger partial charge < -0.3 is 21.1 Å². The van der Waals surface area contributed by atoms with Crippen LogP contribution in [0.1, 0.15) is 21.0 Å². The number of nitrogens with two attached hydrogens (primary N) is 1. The Hall–Kier alpha value is -2.38. The third-order valence-electron chi connectivity index (χ3n) is 1.49. The van der Waals surface area contributed by atoms with E-state index in [0.29, 0.717) is 0 Å². The second-order valence-corrected chi connectivity index (χ2v) is 2.58. The van der Waals surface area contributed by atoms with E-state index < -0.39 is 17.8 Å². The number of carboxylic acid groups (broad SMARTS) is 1. The number of rotatable bonds is 4. The molecule has 8 nitrogen and oxygen atoms in total. The third kappa shape index (κ3) is 2.53. The average Bonchev–Trinajstić information content (AvgIpc) is 2.62. The van der Waals surface area contributed by atoms with Crippen LogP contribution < -0.4 is 11.1 Å². The van der Waals surface area contributed by atoms with Crippen molar-refractivity contribution in [3.05, 3.63) is 17.7 Å². The molecule has 0 radical (unpaired) electrons. The maximum absolute atomic E-state index is 11.3. The van der Waals surface area contributed by atoms with E-state index in [4.69, 9.17) is 10.8 Å². The largest absolute Gasteiger partial charge is 0.477 e. The van der Waals surface area contributed by atoms with E-state index in [1.807, 2.05) is 0 Å². The van der Waals surface area contributed by atoms with Gasteiger partial charge in [0.1, 0.15) is 0 Å². The number of aromatic nitrogens is 2. The summed E-state index contributed by atoms with van der Waals surface area (Å²) in [5.41, 5.74) is 4.17. The van der Waals surface area contributed by atoms with E-state index in [2.05, 4.69) is 15.3 Å². The minimum Gasteiger partial charge on any atom is -0.477 e. The molecule has 80 valence electrons. The number of hydrogen-bond acceptors (Lipinski definition) is 4. The van der Waals surface area contributed by atoms with Gasteiger partial charge in [-0.25, -0.2) is 9.78 Å². The predicted molar refractivity (Wildman–Crippen MR) is 47.1 cm³/mol. The summed E-state index contributed by atoms with van der Waals surface area (Å²) in [7, 11) is 0. The molecule has 0 atom stereocenters. The van der Waals surface area contributed by atoms with Gasteiger partial charge in [-0.2, -0.15) is 0 Å². The fourth-order valence-electron chi connectivity index (χ4n) is 0.881. The molecule has 1 heterocycles. The van der Waals surface area contributed by atoms with Crippen LogP contribution in [0.3, 0.4) is 0 Å². The third-order valence-corrected chi connectivity index (χ3v) is 1.49. The van der Waals surface area contributed by atoms with Gasteiger partial charge in [-0.05, 0) is 0 Å². The number of carbonyl (C=O) groups is 3. The van der Waals surface area contributed by atoms with Gasteiger partial charge in [-0.15, -0.1) is 0 Å². The molecule has 2 amide bonds. The minimum absolute atomic E-state index is 0.288. The average molecular weight is 212 g/mol. The van der Waals surface area contributed by atoms with Gasteiger partial charge in [0.25, 0.3) is 5.91 Å². The Morgan fingerprint density at radius 1 is 1.53 bits per heavy atom. The molecule has 0 aliphatic carbocycles. The number of carbonyl (C=O) groups excluding carboxylic acids is 2. The molecule has 15 heavy (non-hydrogen) atoms. The number of nitrogens with one attached hydrogen (secondary N) is 2. The van der Waals surface area contributed by atoms with Crippen molar-refractivity contribution in [1.29, 1.82) is 0 Å². The number of primary amides is 1. The van der Waals surface area contributed by atoms with Crippen LogP contribution in [0.15, 0.2) is 6.33 Å². The highest BCUT2D eigenvalue weighted by molar-refractivity contribution is 6.03. The van der Waals surface area contributed by atoms with Gasteiger partial charge in [-0.1, -0.05) is 0 Å². The maximum Gasteiger partial charge on any atom is 0.354 e. The molecule has 1 aromatic heterocycles. The van der Waals surface area contributed by atoms with Crippen molar-refractivity contribution in [3.8, 4) is 0 Å². The number of H-pyrrole nitrogens is 1. The standard InChI is InChI=1S/C7H8N4O4/c8-3(12)1-9-6(13)4-5(7(14)15)11-2-10-4/h2H,1H2,(H2,8,12)(H,9,13)(H,10,11)(H,14,15). The number of aromatic amines is 1. The quantitative estimate of drug-likeness (QED) is 0.472. The lowest BCUT2D eigenvalue weighted by molar-refractivity contribution is -0.117. The van der Waals surface area contributed by atoms with E-state index in [9.17, 15) is 14.4 Å². The summed E-state index contributed by atoms with van der Waals surface area (Å²) in [6.45, 7) is -0.370. The number of amides is 2. The molecule has 0 bridgehead atoms. The first-order valence-corrected chi connectivity index (χ1v) is 3.85. The smallest absolute Gasteiger partial charge is 0.354 e. The maximum atomic E-state index is 11.3. The van der Waals surface area contributed by atoms with E-state index in [1.165, 1.54) is 0 Å². The monoisotopic (exact) mass is 212 g/mol. The zero-order chi connectivity index (χ0) is 11.4. The first-order valence-electron chi connectivity index (χ1n) is 3.85. The zero-order valence-electron chi connectivity index (χ0n) is 7.48. The van der Waals surface area contributed by atoms with Gasteiger partial charge in [0.15, 0.2) is 11.4 Å². The Balaban J connectivity index is 2.78. The van der Waals surface area contributed by atoms with Crippen LogP contribution in [-0.2, 0) is 4.79 Å². The topological polar surface area (TPSA) is 138 Å². The number of aromatic carboxylic acids is 1. The molecule has 0 fully saturated rings. The lowest BCUT2D eigenvalue weighted by Crippen LogP contribution is -2.34. The van der Waals surface area contributed by atoms with Crippen LogP contribution in [-0.4, -0.2) is 39.4 Å². The van der Waals surface area contributed by atoms with Gasteiger partial charge in [-0.3, -0.25) is 9.59 Å². The molecule has 0 unspecified atom stereocenters. The SMILES string of the molecule is NC(=O)CNC(=O)c1nc[nH]c1C(=O)O. The van der Waals surface area contributed by atoms with Crippen molar-refractivity contribution in [2.24, 2.45) is 5.73 Å². The summed E-state index contributed by atoms with van der Waals surface area (Å²) in [5, 5.41) is 10.8. The lowest BCUT2D eigenvalue weighted by atomic mass is 10.3. The van der Waals surface area contributed by atoms with Crippen LogP contribution in [0, 0.1) is 0 Å². The molecule has 8 heteroatoms. The van der Waals surface area contributed by atoms with Crippen molar-refractivity contribution in [3.63, 3.8) is 0 Å². The van der Waals surface area contributed by atoms with Crippen LogP contribution in [0.2, 0.25) is 0 Å². The fourth-order valence-corrected chi connectivity index (χ4v) is 0.881. The van der Waals surface area contributed by atoms with E-state index in [1.54, 1.807) is 0 Å². The minimum atomic E-state index is -1.31. The van der Waals surface area contributed by atoms with Crippen LogP contribution >= 0.6 is 0 Å². The van der Waals surface area contributed by atoms with E-state index in [0.717, 1.165) is 6.33 Å². The molecule has 1 rings (SSSR count). The number of carboxylic acids is 1. The molecule has 0 aliphatic heterocycles. The molecule has 5 N–H and O–H groups in total. The molecule has 0 spiro atoms. The number of hydrogen-bond donors (Lipinski definition) is 4. The predicted octanol–water partition coefficient (Wildman–Crippen LogP) is -1.68. The lowest BCUT2D eigenvalue weighted by Gasteiger charge is -2.00. The Morgan fingerprint density at radius 3 is 2.73 bits per heavy atom. The van der Waals surface area contributed by atoms with E-state index >= 15 is 0 Å². The summed E-state index contributed by atoms with van der Waals surface area (Å²) in [4.78, 5) is 38.0. The highest BCUT2D eigenvalue weighted by atomic mass is 16.4. The first kappa shape index (κ1) is 10.7. The van der Waals surface area contributed by atoms with Gasteiger partial charge in [0.05, 0.1) is 12.9 Å². The van der Waals surface area contributed by atoms with Gasteiger partial charge in [0.2, 0.25) is 5.91 Å². The summed E-state index contributed by atoms with van der Waals surface area (Å²) in [5.74, 6) is -2.81. The zero-order valence-corrected chi connectivity index (χ0v) is 7.48. The van der Waals surface area contributed by atoms with Gasteiger partial charge >= 0.3 is 5.97 Å². The second kappa shape index (κ2) is 4.22. The first-order chi connectivity index (χ1) is 7.02. The highest BCUT2D eigenvalue weighted by Crippen LogP contribution is 2.01. The van der Waals surface area contributed by atoms with Crippen LogP contribution in [0.4, 0.5) is 0 Å². The van der Waals surface area contributed by atoms with Gasteiger partial charge in [0, 0.05) is 0 Å². The molecule has 1 aromatic rings. The summed E-state index contributed by atoms with van der Waals surface area (Å²) in [6.07, 6.45) is 1.07. The Bertz CT molecular complexity index is 411. The molecular weight excluding hydrogens is 204 g/mol. The summed E-state index contributed by atoms with van der Waals surface area (Å²) in [6, 6.07) is 0. The Kier molecular flexibility index (Phi) is 3.01. The van der Waals surface area contributed by atoms with Crippen LogP contribution in [0.25, 0.3) is 0 Å². The number of imidazole rings is 1. The highest BCUT2D eigenvalue weighted by Gasteiger charge is 2.19. The molecule has 0 aliphatic rings. The molecular formula is C7H8N4O4. The van der Waals surface area contributed by atoms with Crippen molar-refractivity contribution in [1.82, 2.24) is 15.3 Å². The number of nitrogens with zero attached hydrogens (tertiary/aromatic N) is 1. The van der Waals surface area contributed by atoms with Crippen molar-refractivity contribution >= 4 is 17.8 Å². The van der Waals surface area contributed by atoms with Crippen molar-refractivity contribution < 1.29 is 19.5 Å². The van der Waals surface area contributed by atoms with Crippen molar-refractivity contribution in [2.45, 2.75) is 0 Å². The second-order valence-electron chi connectivity index (χ2n) is 2.58. The van der Waals surface area contributed by atoms with Crippen molar-refractivity contribution in [2.75, 3.05) is 6.54 Å². The normalized spacial score (nSPS) is 9.60. The summed E-state index contributed by atoms with van der Waals surface area (Å²) < 4.78 is 0. The molecule has 0 saturated carbocycles. The summed E-state index contributed by atoms with van der Waals surface area (Å²) >= 11 is 0. The fraction of sp³-hybridized carbons (Fsp3) is 0.143. The Labute approximate surface area is 83.5 Å². The van der Waals surface area contributed by atoms with Crippen LogP contribution in [0.5, 0.6) is 0 Å². The Morgan fingerprint density at radius 2 is 2.20 bits per heavy atom.